The molecule has 0 saturated carbocycles. The molecule has 0 radical (unpaired) electrons. The third-order valence-electron chi connectivity index (χ3n) is 4.13. The fraction of sp³-hybridized carbons (Fsp3) is 0.438. The third kappa shape index (κ3) is 2.67. The second kappa shape index (κ2) is 5.46. The SMILES string of the molecule is CC(O)C1CCN(Cc2cc(F)cc3cccnc23)C1. The molecule has 1 aliphatic rings. The fourth-order valence-corrected chi connectivity index (χ4v) is 2.99. The highest BCUT2D eigenvalue weighted by Gasteiger charge is 2.26. The second-order valence-electron chi connectivity index (χ2n) is 5.66. The normalized spacial score (nSPS) is 21.4. The summed E-state index contributed by atoms with van der Waals surface area (Å²) in [6, 6.07) is 6.81. The minimum atomic E-state index is -0.276. The summed E-state index contributed by atoms with van der Waals surface area (Å²) in [6.45, 7) is 4.34. The molecule has 2 atom stereocenters. The Morgan fingerprint density at radius 2 is 2.35 bits per heavy atom. The average Bonchev–Trinajstić information content (AvgIpc) is 2.87. The van der Waals surface area contributed by atoms with E-state index >= 15 is 0 Å². The van der Waals surface area contributed by atoms with E-state index in [1.165, 1.54) is 6.07 Å². The number of aromatic nitrogens is 1. The zero-order valence-electron chi connectivity index (χ0n) is 11.6. The average molecular weight is 274 g/mol. The topological polar surface area (TPSA) is 36.4 Å². The summed E-state index contributed by atoms with van der Waals surface area (Å²) in [4.78, 5) is 6.64. The predicted octanol–water partition coefficient (Wildman–Crippen LogP) is 2.58. The summed E-state index contributed by atoms with van der Waals surface area (Å²) in [5, 5.41) is 10.5. The number of pyridine rings is 1. The summed E-state index contributed by atoms with van der Waals surface area (Å²) in [5.74, 6) is 0.106. The monoisotopic (exact) mass is 274 g/mol. The Balaban J connectivity index is 1.84. The van der Waals surface area contributed by atoms with E-state index in [2.05, 4.69) is 9.88 Å². The van der Waals surface area contributed by atoms with Crippen LogP contribution in [0.5, 0.6) is 0 Å². The van der Waals surface area contributed by atoms with Crippen molar-refractivity contribution in [1.82, 2.24) is 9.88 Å². The van der Waals surface area contributed by atoms with Crippen molar-refractivity contribution in [2.45, 2.75) is 26.0 Å². The van der Waals surface area contributed by atoms with E-state index in [-0.39, 0.29) is 11.9 Å². The van der Waals surface area contributed by atoms with Gasteiger partial charge in [-0.2, -0.15) is 0 Å². The Hall–Kier alpha value is -1.52. The lowest BCUT2D eigenvalue weighted by molar-refractivity contribution is 0.127. The quantitative estimate of drug-likeness (QED) is 0.934. The Morgan fingerprint density at radius 1 is 1.50 bits per heavy atom. The number of nitrogens with zero attached hydrogens (tertiary/aromatic N) is 2. The van der Waals surface area contributed by atoms with Gasteiger partial charge in [-0.05, 0) is 49.6 Å². The van der Waals surface area contributed by atoms with Crippen LogP contribution in [0.4, 0.5) is 4.39 Å². The number of halogens is 1. The lowest BCUT2D eigenvalue weighted by Gasteiger charge is -2.18. The van der Waals surface area contributed by atoms with Crippen LogP contribution in [0.25, 0.3) is 10.9 Å². The van der Waals surface area contributed by atoms with Gasteiger partial charge in [0.05, 0.1) is 11.6 Å². The number of aliphatic hydroxyl groups excluding tert-OH is 1. The molecular weight excluding hydrogens is 255 g/mol. The van der Waals surface area contributed by atoms with Crippen LogP contribution in [0.1, 0.15) is 18.9 Å². The molecule has 1 aliphatic heterocycles. The second-order valence-corrected chi connectivity index (χ2v) is 5.66. The first-order valence-corrected chi connectivity index (χ1v) is 7.07. The summed E-state index contributed by atoms with van der Waals surface area (Å²) >= 11 is 0. The van der Waals surface area contributed by atoms with Crippen molar-refractivity contribution in [2.24, 2.45) is 5.92 Å². The van der Waals surface area contributed by atoms with Crippen LogP contribution in [-0.2, 0) is 6.54 Å². The van der Waals surface area contributed by atoms with Crippen LogP contribution in [0, 0.1) is 11.7 Å². The van der Waals surface area contributed by atoms with Gasteiger partial charge in [0, 0.05) is 24.7 Å². The zero-order valence-corrected chi connectivity index (χ0v) is 11.6. The highest BCUT2D eigenvalue weighted by atomic mass is 19.1. The molecule has 4 heteroatoms. The van der Waals surface area contributed by atoms with Crippen molar-refractivity contribution in [2.75, 3.05) is 13.1 Å². The van der Waals surface area contributed by atoms with Gasteiger partial charge < -0.3 is 5.11 Å². The summed E-state index contributed by atoms with van der Waals surface area (Å²) < 4.78 is 13.7. The van der Waals surface area contributed by atoms with Crippen LogP contribution in [0.15, 0.2) is 30.5 Å². The standard InChI is InChI=1S/C16H19FN2O/c1-11(20)13-4-6-19(9-13)10-14-8-15(17)7-12-3-2-5-18-16(12)14/h2-3,5,7-8,11,13,20H,4,6,9-10H2,1H3. The highest BCUT2D eigenvalue weighted by molar-refractivity contribution is 5.81. The van der Waals surface area contributed by atoms with Crippen molar-refractivity contribution in [3.8, 4) is 0 Å². The van der Waals surface area contributed by atoms with Gasteiger partial charge in [0.25, 0.3) is 0 Å². The number of hydrogen-bond donors (Lipinski definition) is 1. The van der Waals surface area contributed by atoms with Gasteiger partial charge in [-0.3, -0.25) is 9.88 Å². The Bertz CT molecular complexity index is 614. The first-order valence-electron chi connectivity index (χ1n) is 7.07. The first-order chi connectivity index (χ1) is 9.63. The van der Waals surface area contributed by atoms with Crippen LogP contribution in [0.2, 0.25) is 0 Å². The van der Waals surface area contributed by atoms with Gasteiger partial charge in [0.15, 0.2) is 0 Å². The molecule has 1 N–H and O–H groups in total. The summed E-state index contributed by atoms with van der Waals surface area (Å²) in [7, 11) is 0. The zero-order chi connectivity index (χ0) is 14.1. The molecule has 0 amide bonds. The highest BCUT2D eigenvalue weighted by Crippen LogP contribution is 2.24. The lowest BCUT2D eigenvalue weighted by atomic mass is 10.0. The van der Waals surface area contributed by atoms with E-state index in [9.17, 15) is 9.50 Å². The van der Waals surface area contributed by atoms with Crippen molar-refractivity contribution in [3.05, 3.63) is 41.8 Å². The fourth-order valence-electron chi connectivity index (χ4n) is 2.99. The minimum absolute atomic E-state index is 0.216. The molecule has 1 aromatic carbocycles. The van der Waals surface area contributed by atoms with Crippen LogP contribution in [0.3, 0.4) is 0 Å². The molecule has 1 saturated heterocycles. The van der Waals surface area contributed by atoms with Crippen LogP contribution >= 0.6 is 0 Å². The number of hydrogen-bond acceptors (Lipinski definition) is 3. The smallest absolute Gasteiger partial charge is 0.124 e. The van der Waals surface area contributed by atoms with Crippen LogP contribution in [-0.4, -0.2) is 34.2 Å². The predicted molar refractivity (Wildman–Crippen MR) is 76.8 cm³/mol. The molecule has 2 aromatic rings. The van der Waals surface area contributed by atoms with Gasteiger partial charge in [-0.1, -0.05) is 6.07 Å². The van der Waals surface area contributed by atoms with Crippen molar-refractivity contribution < 1.29 is 9.50 Å². The molecule has 1 fully saturated rings. The van der Waals surface area contributed by atoms with Crippen LogP contribution < -0.4 is 0 Å². The van der Waals surface area contributed by atoms with Gasteiger partial charge in [-0.15, -0.1) is 0 Å². The molecule has 2 unspecified atom stereocenters. The minimum Gasteiger partial charge on any atom is -0.393 e. The maximum atomic E-state index is 13.7. The maximum absolute atomic E-state index is 13.7. The molecule has 20 heavy (non-hydrogen) atoms. The Labute approximate surface area is 118 Å². The number of benzene rings is 1. The van der Waals surface area contributed by atoms with E-state index < -0.39 is 0 Å². The van der Waals surface area contributed by atoms with E-state index in [0.29, 0.717) is 12.5 Å². The van der Waals surface area contributed by atoms with E-state index in [0.717, 1.165) is 36.0 Å². The van der Waals surface area contributed by atoms with Crippen molar-refractivity contribution in [1.29, 1.82) is 0 Å². The molecule has 0 spiro atoms. The molecule has 2 heterocycles. The largest absolute Gasteiger partial charge is 0.393 e. The summed E-state index contributed by atoms with van der Waals surface area (Å²) in [5.41, 5.74) is 1.79. The van der Waals surface area contributed by atoms with Gasteiger partial charge in [0.1, 0.15) is 5.82 Å². The van der Waals surface area contributed by atoms with Gasteiger partial charge in [0.2, 0.25) is 0 Å². The summed E-state index contributed by atoms with van der Waals surface area (Å²) in [6.07, 6.45) is 2.47. The molecule has 0 bridgehead atoms. The van der Waals surface area contributed by atoms with Crippen molar-refractivity contribution >= 4 is 10.9 Å². The van der Waals surface area contributed by atoms with E-state index in [1.807, 2.05) is 19.1 Å². The van der Waals surface area contributed by atoms with E-state index in [4.69, 9.17) is 0 Å². The number of aliphatic hydroxyl groups is 1. The molecule has 3 rings (SSSR count). The lowest BCUT2D eigenvalue weighted by Crippen LogP contribution is -2.24. The number of rotatable bonds is 3. The Kier molecular flexibility index (Phi) is 3.68. The number of fused-ring (bicyclic) bond motifs is 1. The third-order valence-corrected chi connectivity index (χ3v) is 4.13. The molecule has 106 valence electrons. The molecular formula is C16H19FN2O. The Morgan fingerprint density at radius 3 is 3.10 bits per heavy atom. The molecule has 3 nitrogen and oxygen atoms in total. The first kappa shape index (κ1) is 13.5. The molecule has 0 aliphatic carbocycles. The molecule has 1 aromatic heterocycles. The van der Waals surface area contributed by atoms with Gasteiger partial charge in [-0.25, -0.2) is 4.39 Å². The maximum Gasteiger partial charge on any atom is 0.124 e. The van der Waals surface area contributed by atoms with Gasteiger partial charge >= 0.3 is 0 Å². The number of likely N-dealkylation sites (tertiary alicyclic amines) is 1. The van der Waals surface area contributed by atoms with E-state index in [1.54, 1.807) is 12.3 Å². The van der Waals surface area contributed by atoms with Crippen molar-refractivity contribution in [3.63, 3.8) is 0 Å².